The largest absolute Gasteiger partial charge is 0.470 e. The van der Waals surface area contributed by atoms with Gasteiger partial charge in [0.05, 0.1) is 6.61 Å². The quantitative estimate of drug-likeness (QED) is 0.374. The predicted octanol–water partition coefficient (Wildman–Crippen LogP) is -2.45. The number of anilines is 1. The predicted molar refractivity (Wildman–Crippen MR) is 66.8 cm³/mol. The summed E-state index contributed by atoms with van der Waals surface area (Å²) in [7, 11) is -4.95. The zero-order valence-electron chi connectivity index (χ0n) is 10.5. The smallest absolute Gasteiger partial charge is 0.394 e. The standard InChI is InChI=1S/C9H14N3O8P/c10-5-1-2-12(9(15)11-5)8-7(20-21(16,17)18)6(14)4(3-13)19-8/h1-2,4,6-8,13-14H,3H2,(H2,10,11,15)(H2,16,17,18)/t4-,6+,7-,8-/m0/s1. The summed E-state index contributed by atoms with van der Waals surface area (Å²) in [5.41, 5.74) is 4.48. The normalized spacial score (nSPS) is 29.7. The van der Waals surface area contributed by atoms with Crippen LogP contribution in [0, 0.1) is 0 Å². The van der Waals surface area contributed by atoms with E-state index in [1.165, 1.54) is 12.3 Å². The van der Waals surface area contributed by atoms with Crippen molar-refractivity contribution in [1.29, 1.82) is 0 Å². The van der Waals surface area contributed by atoms with Crippen molar-refractivity contribution < 1.29 is 33.8 Å². The number of ether oxygens (including phenoxy) is 1. The topological polar surface area (TPSA) is 177 Å². The fourth-order valence-corrected chi connectivity index (χ4v) is 2.53. The number of hydrogen-bond acceptors (Lipinski definition) is 8. The van der Waals surface area contributed by atoms with Crippen molar-refractivity contribution in [3.05, 3.63) is 22.7 Å². The summed E-state index contributed by atoms with van der Waals surface area (Å²) in [6, 6.07) is 1.26. The van der Waals surface area contributed by atoms with E-state index in [0.29, 0.717) is 0 Å². The average Bonchev–Trinajstić information content (AvgIpc) is 2.65. The molecule has 1 aromatic heterocycles. The van der Waals surface area contributed by atoms with Crippen molar-refractivity contribution in [3.8, 4) is 0 Å². The first-order chi connectivity index (χ1) is 9.73. The molecule has 0 unspecified atom stereocenters. The van der Waals surface area contributed by atoms with Crippen LogP contribution in [0.3, 0.4) is 0 Å². The SMILES string of the molecule is Nc1ccn([C@H]2O[C@@H](CO)[C@@H](O)[C@@H]2OP(=O)(O)O)c(=O)n1. The zero-order chi connectivity index (χ0) is 15.8. The van der Waals surface area contributed by atoms with E-state index < -0.39 is 44.7 Å². The molecule has 1 aromatic rings. The number of aliphatic hydroxyl groups excluding tert-OH is 2. The van der Waals surface area contributed by atoms with E-state index in [9.17, 15) is 14.5 Å². The second kappa shape index (κ2) is 5.81. The molecule has 21 heavy (non-hydrogen) atoms. The molecule has 118 valence electrons. The molecule has 1 aliphatic rings. The average molecular weight is 323 g/mol. The Hall–Kier alpha value is -1.33. The summed E-state index contributed by atoms with van der Waals surface area (Å²) in [5, 5.41) is 18.9. The molecule has 6 N–H and O–H groups in total. The van der Waals surface area contributed by atoms with E-state index >= 15 is 0 Å². The minimum Gasteiger partial charge on any atom is -0.394 e. The Labute approximate surface area is 117 Å². The van der Waals surface area contributed by atoms with E-state index in [4.69, 9.17) is 25.4 Å². The Morgan fingerprint density at radius 3 is 2.71 bits per heavy atom. The second-order valence-electron chi connectivity index (χ2n) is 4.34. The molecule has 12 heteroatoms. The van der Waals surface area contributed by atoms with Crippen molar-refractivity contribution in [1.82, 2.24) is 9.55 Å². The highest BCUT2D eigenvalue weighted by atomic mass is 31.2. The fraction of sp³-hybridized carbons (Fsp3) is 0.556. The minimum absolute atomic E-state index is 0.0547. The third-order valence-electron chi connectivity index (χ3n) is 2.88. The molecule has 1 saturated heterocycles. The summed E-state index contributed by atoms with van der Waals surface area (Å²) in [6.45, 7) is -0.629. The van der Waals surface area contributed by atoms with Crippen LogP contribution >= 0.6 is 7.82 Å². The van der Waals surface area contributed by atoms with E-state index in [1.54, 1.807) is 0 Å². The molecule has 0 saturated carbocycles. The van der Waals surface area contributed by atoms with Gasteiger partial charge in [-0.05, 0) is 6.07 Å². The Kier molecular flexibility index (Phi) is 4.44. The number of phosphoric ester groups is 1. The number of phosphoric acid groups is 1. The number of rotatable bonds is 4. The third-order valence-corrected chi connectivity index (χ3v) is 3.40. The van der Waals surface area contributed by atoms with E-state index in [0.717, 1.165) is 4.57 Å². The van der Waals surface area contributed by atoms with Crippen molar-refractivity contribution in [3.63, 3.8) is 0 Å². The maximum atomic E-state index is 11.7. The molecule has 0 radical (unpaired) electrons. The number of aliphatic hydroxyl groups is 2. The van der Waals surface area contributed by atoms with Crippen LogP contribution in [-0.2, 0) is 13.8 Å². The zero-order valence-corrected chi connectivity index (χ0v) is 11.4. The molecule has 1 aliphatic heterocycles. The monoisotopic (exact) mass is 323 g/mol. The molecule has 2 rings (SSSR count). The van der Waals surface area contributed by atoms with Gasteiger partial charge in [0.2, 0.25) is 0 Å². The van der Waals surface area contributed by atoms with Crippen LogP contribution in [-0.4, -0.2) is 54.5 Å². The molecular weight excluding hydrogens is 309 g/mol. The van der Waals surface area contributed by atoms with E-state index in [2.05, 4.69) is 9.51 Å². The van der Waals surface area contributed by atoms with Gasteiger partial charge in [-0.2, -0.15) is 4.98 Å². The van der Waals surface area contributed by atoms with Gasteiger partial charge in [-0.25, -0.2) is 9.36 Å². The van der Waals surface area contributed by atoms with Gasteiger partial charge < -0.3 is 30.5 Å². The number of nitrogen functional groups attached to an aromatic ring is 1. The first-order valence-corrected chi connectivity index (χ1v) is 7.29. The van der Waals surface area contributed by atoms with Crippen molar-refractivity contribution in [2.24, 2.45) is 0 Å². The van der Waals surface area contributed by atoms with Crippen LogP contribution in [0.4, 0.5) is 5.82 Å². The maximum Gasteiger partial charge on any atom is 0.470 e. The van der Waals surface area contributed by atoms with Gasteiger partial charge in [-0.1, -0.05) is 0 Å². The maximum absolute atomic E-state index is 11.7. The highest BCUT2D eigenvalue weighted by molar-refractivity contribution is 7.46. The van der Waals surface area contributed by atoms with Gasteiger partial charge in [0.25, 0.3) is 0 Å². The molecular formula is C9H14N3O8P. The second-order valence-corrected chi connectivity index (χ2v) is 5.53. The van der Waals surface area contributed by atoms with E-state index in [-0.39, 0.29) is 5.82 Å². The summed E-state index contributed by atoms with van der Waals surface area (Å²) in [6.07, 6.45) is -4.47. The lowest BCUT2D eigenvalue weighted by Crippen LogP contribution is -2.37. The van der Waals surface area contributed by atoms with Crippen molar-refractivity contribution in [2.75, 3.05) is 12.3 Å². The molecule has 0 amide bonds. The molecule has 0 bridgehead atoms. The number of hydrogen-bond donors (Lipinski definition) is 5. The Balaban J connectivity index is 2.39. The van der Waals surface area contributed by atoms with E-state index in [1.807, 2.05) is 0 Å². The van der Waals surface area contributed by atoms with Gasteiger partial charge in [0.1, 0.15) is 24.1 Å². The lowest BCUT2D eigenvalue weighted by Gasteiger charge is -2.22. The molecule has 2 heterocycles. The van der Waals surface area contributed by atoms with Crippen LogP contribution in [0.15, 0.2) is 17.1 Å². The summed E-state index contributed by atoms with van der Waals surface area (Å²) >= 11 is 0. The molecule has 1 fully saturated rings. The first-order valence-electron chi connectivity index (χ1n) is 5.76. The number of aromatic nitrogens is 2. The van der Waals surface area contributed by atoms with Crippen molar-refractivity contribution >= 4 is 13.6 Å². The van der Waals surface area contributed by atoms with Gasteiger partial charge in [-0.15, -0.1) is 0 Å². The lowest BCUT2D eigenvalue weighted by atomic mass is 10.1. The molecule has 11 nitrogen and oxygen atoms in total. The molecule has 4 atom stereocenters. The molecule has 0 aromatic carbocycles. The van der Waals surface area contributed by atoms with Gasteiger partial charge >= 0.3 is 13.5 Å². The highest BCUT2D eigenvalue weighted by Crippen LogP contribution is 2.44. The third kappa shape index (κ3) is 3.47. The number of nitrogens with two attached hydrogens (primary N) is 1. The Bertz CT molecular complexity index is 615. The van der Waals surface area contributed by atoms with Crippen molar-refractivity contribution in [2.45, 2.75) is 24.5 Å². The van der Waals surface area contributed by atoms with Crippen LogP contribution < -0.4 is 11.4 Å². The van der Waals surface area contributed by atoms with Gasteiger partial charge in [-0.3, -0.25) is 9.09 Å². The fourth-order valence-electron chi connectivity index (χ4n) is 1.98. The Morgan fingerprint density at radius 1 is 1.52 bits per heavy atom. The summed E-state index contributed by atoms with van der Waals surface area (Å²) in [4.78, 5) is 32.9. The van der Waals surface area contributed by atoms with Gasteiger partial charge in [0, 0.05) is 6.20 Å². The highest BCUT2D eigenvalue weighted by Gasteiger charge is 2.48. The molecule has 0 aliphatic carbocycles. The van der Waals surface area contributed by atoms with Gasteiger partial charge in [0.15, 0.2) is 6.23 Å². The van der Waals surface area contributed by atoms with Crippen LogP contribution in [0.25, 0.3) is 0 Å². The Morgan fingerprint density at radius 2 is 2.19 bits per heavy atom. The lowest BCUT2D eigenvalue weighted by molar-refractivity contribution is -0.0543. The first kappa shape index (κ1) is 16.0. The summed E-state index contributed by atoms with van der Waals surface area (Å²) in [5.74, 6) is -0.0547. The van der Waals surface area contributed by atoms with Crippen LogP contribution in [0.2, 0.25) is 0 Å². The van der Waals surface area contributed by atoms with Crippen LogP contribution in [0.1, 0.15) is 6.23 Å². The summed E-state index contributed by atoms with van der Waals surface area (Å²) < 4.78 is 21.5. The number of nitrogens with zero attached hydrogens (tertiary/aromatic N) is 2. The molecule has 0 spiro atoms. The minimum atomic E-state index is -4.95. The van der Waals surface area contributed by atoms with Crippen LogP contribution in [0.5, 0.6) is 0 Å².